The van der Waals surface area contributed by atoms with Crippen LogP contribution in [-0.2, 0) is 4.79 Å². The van der Waals surface area contributed by atoms with Gasteiger partial charge in [-0.05, 0) is 13.0 Å². The van der Waals surface area contributed by atoms with E-state index in [1.54, 1.807) is 6.07 Å². The molecule has 5 heteroatoms. The summed E-state index contributed by atoms with van der Waals surface area (Å²) in [5.41, 5.74) is 0. The molecule has 0 radical (unpaired) electrons. The molecular formula is C10H17N3O2. The molecule has 0 unspecified atom stereocenters. The summed E-state index contributed by atoms with van der Waals surface area (Å²) in [7, 11) is 0. The van der Waals surface area contributed by atoms with Crippen LogP contribution in [0.3, 0.4) is 0 Å². The van der Waals surface area contributed by atoms with E-state index in [9.17, 15) is 4.79 Å². The molecule has 0 spiro atoms. The van der Waals surface area contributed by atoms with Gasteiger partial charge in [-0.3, -0.25) is 4.79 Å². The normalized spacial score (nSPS) is 10.2. The van der Waals surface area contributed by atoms with E-state index in [1.165, 1.54) is 19.1 Å². The third-order valence-electron chi connectivity index (χ3n) is 1.95. The van der Waals surface area contributed by atoms with Gasteiger partial charge in [-0.2, -0.15) is 0 Å². The summed E-state index contributed by atoms with van der Waals surface area (Å²) < 4.78 is 4.59. The minimum absolute atomic E-state index is 0.0969. The topological polar surface area (TPSA) is 67.2 Å². The summed E-state index contributed by atoms with van der Waals surface area (Å²) in [6.45, 7) is 3.34. The Labute approximate surface area is 89.2 Å². The van der Waals surface area contributed by atoms with E-state index in [2.05, 4.69) is 27.2 Å². The molecule has 0 saturated heterocycles. The molecule has 0 bridgehead atoms. The molecule has 0 aliphatic rings. The molecule has 84 valence electrons. The highest BCUT2D eigenvalue weighted by molar-refractivity contribution is 5.91. The number of hydrogen-bond acceptors (Lipinski definition) is 4. The Bertz CT molecular complexity index is 272. The van der Waals surface area contributed by atoms with Crippen LogP contribution < -0.4 is 10.6 Å². The summed E-state index contributed by atoms with van der Waals surface area (Å²) in [4.78, 5) is 11.3. The summed E-state index contributed by atoms with van der Waals surface area (Å²) in [5, 5.41) is 9.25. The second kappa shape index (κ2) is 7.00. The average molecular weight is 211 g/mol. The summed E-state index contributed by atoms with van der Waals surface area (Å²) in [5.74, 6) is 0.357. The first kappa shape index (κ1) is 11.7. The van der Waals surface area contributed by atoms with E-state index >= 15 is 0 Å². The van der Waals surface area contributed by atoms with Crippen molar-refractivity contribution in [2.75, 3.05) is 18.4 Å². The molecule has 2 N–H and O–H groups in total. The van der Waals surface area contributed by atoms with Crippen LogP contribution >= 0.6 is 0 Å². The van der Waals surface area contributed by atoms with Crippen LogP contribution in [0.4, 0.5) is 5.82 Å². The number of nitrogens with one attached hydrogen (secondary N) is 2. The molecule has 0 atom stereocenters. The summed E-state index contributed by atoms with van der Waals surface area (Å²) in [6.07, 6.45) is 4.91. The molecule has 0 fully saturated rings. The average Bonchev–Trinajstić information content (AvgIpc) is 2.70. The van der Waals surface area contributed by atoms with E-state index in [-0.39, 0.29) is 5.91 Å². The molecule has 15 heavy (non-hydrogen) atoms. The quantitative estimate of drug-likeness (QED) is 0.669. The maximum absolute atomic E-state index is 11.3. The van der Waals surface area contributed by atoms with Gasteiger partial charge < -0.3 is 15.2 Å². The van der Waals surface area contributed by atoms with Crippen molar-refractivity contribution >= 4 is 11.7 Å². The number of amides is 1. The van der Waals surface area contributed by atoms with Crippen LogP contribution in [0.2, 0.25) is 0 Å². The van der Waals surface area contributed by atoms with Crippen molar-refractivity contribution < 1.29 is 9.32 Å². The van der Waals surface area contributed by atoms with Gasteiger partial charge in [0.15, 0.2) is 5.82 Å². The summed E-state index contributed by atoms with van der Waals surface area (Å²) in [6, 6.07) is 1.61. The number of rotatable bonds is 7. The van der Waals surface area contributed by atoms with Crippen LogP contribution in [-0.4, -0.2) is 24.2 Å². The van der Waals surface area contributed by atoms with E-state index < -0.39 is 0 Å². The molecule has 5 nitrogen and oxygen atoms in total. The SMILES string of the molecule is CCCCCNCC(=O)Nc1ccon1. The molecule has 1 aromatic heterocycles. The number of anilines is 1. The lowest BCUT2D eigenvalue weighted by molar-refractivity contribution is -0.115. The van der Waals surface area contributed by atoms with Gasteiger partial charge in [0.2, 0.25) is 5.91 Å². The first-order valence-corrected chi connectivity index (χ1v) is 5.24. The zero-order chi connectivity index (χ0) is 10.9. The third-order valence-corrected chi connectivity index (χ3v) is 1.95. The highest BCUT2D eigenvalue weighted by Gasteiger charge is 2.02. The zero-order valence-electron chi connectivity index (χ0n) is 8.95. The molecule has 1 aromatic rings. The van der Waals surface area contributed by atoms with E-state index in [4.69, 9.17) is 0 Å². The Hall–Kier alpha value is -1.36. The fraction of sp³-hybridized carbons (Fsp3) is 0.600. The lowest BCUT2D eigenvalue weighted by Crippen LogP contribution is -2.28. The number of hydrogen-bond donors (Lipinski definition) is 2. The number of nitrogens with zero attached hydrogens (tertiary/aromatic N) is 1. The van der Waals surface area contributed by atoms with Crippen LogP contribution in [0.25, 0.3) is 0 Å². The summed E-state index contributed by atoms with van der Waals surface area (Å²) >= 11 is 0. The van der Waals surface area contributed by atoms with Crippen LogP contribution in [0.15, 0.2) is 16.9 Å². The van der Waals surface area contributed by atoms with Crippen molar-refractivity contribution in [1.29, 1.82) is 0 Å². The monoisotopic (exact) mass is 211 g/mol. The first-order valence-electron chi connectivity index (χ1n) is 5.24. The largest absolute Gasteiger partial charge is 0.363 e. The van der Waals surface area contributed by atoms with Crippen LogP contribution in [0.1, 0.15) is 26.2 Å². The zero-order valence-corrected chi connectivity index (χ0v) is 8.95. The highest BCUT2D eigenvalue weighted by atomic mass is 16.5. The standard InChI is InChI=1S/C10H17N3O2/c1-2-3-4-6-11-8-10(14)12-9-5-7-15-13-9/h5,7,11H,2-4,6,8H2,1H3,(H,12,13,14). The minimum Gasteiger partial charge on any atom is -0.363 e. The van der Waals surface area contributed by atoms with Crippen molar-refractivity contribution in [2.45, 2.75) is 26.2 Å². The van der Waals surface area contributed by atoms with Crippen molar-refractivity contribution in [3.8, 4) is 0 Å². The minimum atomic E-state index is -0.0969. The highest BCUT2D eigenvalue weighted by Crippen LogP contribution is 1.99. The molecule has 0 aliphatic heterocycles. The van der Waals surface area contributed by atoms with E-state index in [0.29, 0.717) is 12.4 Å². The number of unbranched alkanes of at least 4 members (excludes halogenated alkanes) is 2. The van der Waals surface area contributed by atoms with E-state index in [0.717, 1.165) is 13.0 Å². The Balaban J connectivity index is 2.04. The van der Waals surface area contributed by atoms with Gasteiger partial charge in [0, 0.05) is 6.07 Å². The van der Waals surface area contributed by atoms with Gasteiger partial charge in [0.25, 0.3) is 0 Å². The molecule has 0 saturated carbocycles. The number of carbonyl (C=O) groups excluding carboxylic acids is 1. The van der Waals surface area contributed by atoms with Gasteiger partial charge in [0.1, 0.15) is 6.26 Å². The van der Waals surface area contributed by atoms with Gasteiger partial charge in [-0.1, -0.05) is 24.9 Å². The predicted octanol–water partition coefficient (Wildman–Crippen LogP) is 1.39. The van der Waals surface area contributed by atoms with Crippen molar-refractivity contribution in [3.63, 3.8) is 0 Å². The Morgan fingerprint density at radius 2 is 2.40 bits per heavy atom. The lowest BCUT2D eigenvalue weighted by atomic mass is 10.2. The number of aromatic nitrogens is 1. The lowest BCUT2D eigenvalue weighted by Gasteiger charge is -2.03. The van der Waals surface area contributed by atoms with Gasteiger partial charge in [0.05, 0.1) is 6.54 Å². The van der Waals surface area contributed by atoms with Crippen molar-refractivity contribution in [1.82, 2.24) is 10.5 Å². The molecule has 1 rings (SSSR count). The third kappa shape index (κ3) is 5.17. The molecule has 1 heterocycles. The molecule has 0 aromatic carbocycles. The Kier molecular flexibility index (Phi) is 5.47. The molecular weight excluding hydrogens is 194 g/mol. The smallest absolute Gasteiger partial charge is 0.239 e. The van der Waals surface area contributed by atoms with Gasteiger partial charge in [-0.15, -0.1) is 0 Å². The Morgan fingerprint density at radius 1 is 1.53 bits per heavy atom. The second-order valence-electron chi connectivity index (χ2n) is 3.32. The fourth-order valence-electron chi connectivity index (χ4n) is 1.17. The maximum atomic E-state index is 11.3. The van der Waals surface area contributed by atoms with Gasteiger partial charge in [-0.25, -0.2) is 0 Å². The fourth-order valence-corrected chi connectivity index (χ4v) is 1.17. The first-order chi connectivity index (χ1) is 7.33. The predicted molar refractivity (Wildman–Crippen MR) is 57.5 cm³/mol. The van der Waals surface area contributed by atoms with E-state index in [1.807, 2.05) is 0 Å². The van der Waals surface area contributed by atoms with Crippen LogP contribution in [0.5, 0.6) is 0 Å². The molecule has 1 amide bonds. The van der Waals surface area contributed by atoms with Crippen LogP contribution in [0, 0.1) is 0 Å². The van der Waals surface area contributed by atoms with Gasteiger partial charge >= 0.3 is 0 Å². The van der Waals surface area contributed by atoms with Crippen molar-refractivity contribution in [3.05, 3.63) is 12.3 Å². The molecule has 0 aliphatic carbocycles. The Morgan fingerprint density at radius 3 is 3.07 bits per heavy atom. The number of carbonyl (C=O) groups is 1. The maximum Gasteiger partial charge on any atom is 0.239 e. The van der Waals surface area contributed by atoms with Crippen molar-refractivity contribution in [2.24, 2.45) is 0 Å². The second-order valence-corrected chi connectivity index (χ2v) is 3.32.